The number of nitrogens with one attached hydrogen (secondary N) is 2. The van der Waals surface area contributed by atoms with Crippen LogP contribution in [0.25, 0.3) is 0 Å². The second kappa shape index (κ2) is 7.13. The van der Waals surface area contributed by atoms with Crippen LogP contribution in [-0.2, 0) is 4.79 Å². The van der Waals surface area contributed by atoms with Crippen LogP contribution in [0.4, 0.5) is 0 Å². The molecule has 0 bridgehead atoms. The second-order valence-electron chi connectivity index (χ2n) is 4.19. The molecule has 0 spiro atoms. The lowest BCUT2D eigenvalue weighted by Gasteiger charge is -2.21. The first-order valence-electron chi connectivity index (χ1n) is 5.79. The molecule has 0 aliphatic rings. The minimum atomic E-state index is -0.592. The molecule has 3 N–H and O–H groups in total. The summed E-state index contributed by atoms with van der Waals surface area (Å²) >= 11 is 1.33. The molecule has 1 aromatic heterocycles. The van der Waals surface area contributed by atoms with Crippen molar-refractivity contribution in [2.75, 3.05) is 13.2 Å². The number of hydrogen-bond acceptors (Lipinski definition) is 4. The fraction of sp³-hybridized carbons (Fsp3) is 0.500. The summed E-state index contributed by atoms with van der Waals surface area (Å²) < 4.78 is 0. The summed E-state index contributed by atoms with van der Waals surface area (Å²) in [5.74, 6) is -0.542. The van der Waals surface area contributed by atoms with E-state index in [-0.39, 0.29) is 30.9 Å². The van der Waals surface area contributed by atoms with Gasteiger partial charge in [0.2, 0.25) is 5.91 Å². The van der Waals surface area contributed by atoms with Crippen LogP contribution in [0.5, 0.6) is 0 Å². The molecule has 100 valence electrons. The Hall–Kier alpha value is -1.40. The van der Waals surface area contributed by atoms with Gasteiger partial charge in [-0.3, -0.25) is 9.59 Å². The molecule has 1 aromatic rings. The van der Waals surface area contributed by atoms with Gasteiger partial charge in [-0.05, 0) is 17.4 Å². The molecule has 0 aromatic carbocycles. The molecular weight excluding hydrogens is 252 g/mol. The van der Waals surface area contributed by atoms with Crippen LogP contribution < -0.4 is 10.6 Å². The highest BCUT2D eigenvalue weighted by atomic mass is 32.1. The number of aliphatic hydroxyl groups is 1. The van der Waals surface area contributed by atoms with Gasteiger partial charge < -0.3 is 15.7 Å². The standard InChI is InChI=1S/C12H18N2O3S/c1-8(2)10(12(17)13-5-6-15)14-11(16)9-4-3-7-18-9/h3-4,7-8,10,15H,5-6H2,1-2H3,(H,13,17)(H,14,16). The molecule has 6 heteroatoms. The van der Waals surface area contributed by atoms with Gasteiger partial charge in [-0.25, -0.2) is 0 Å². The molecule has 0 saturated heterocycles. The zero-order chi connectivity index (χ0) is 13.5. The van der Waals surface area contributed by atoms with Crippen molar-refractivity contribution in [1.29, 1.82) is 0 Å². The van der Waals surface area contributed by atoms with E-state index < -0.39 is 6.04 Å². The van der Waals surface area contributed by atoms with Crippen LogP contribution in [0.1, 0.15) is 23.5 Å². The molecule has 5 nitrogen and oxygen atoms in total. The van der Waals surface area contributed by atoms with Gasteiger partial charge in [-0.2, -0.15) is 0 Å². The van der Waals surface area contributed by atoms with Crippen molar-refractivity contribution in [3.05, 3.63) is 22.4 Å². The van der Waals surface area contributed by atoms with Gasteiger partial charge in [0.1, 0.15) is 6.04 Å². The van der Waals surface area contributed by atoms with Gasteiger partial charge >= 0.3 is 0 Å². The average molecular weight is 270 g/mol. The fourth-order valence-electron chi connectivity index (χ4n) is 1.44. The maximum atomic E-state index is 11.9. The Morgan fingerprint density at radius 3 is 2.67 bits per heavy atom. The number of carbonyl (C=O) groups is 2. The lowest BCUT2D eigenvalue weighted by Crippen LogP contribution is -2.50. The van der Waals surface area contributed by atoms with Crippen LogP contribution in [0, 0.1) is 5.92 Å². The Bertz CT molecular complexity index is 390. The van der Waals surface area contributed by atoms with Gasteiger partial charge in [-0.1, -0.05) is 19.9 Å². The fourth-order valence-corrected chi connectivity index (χ4v) is 2.07. The number of hydrogen-bond donors (Lipinski definition) is 3. The number of amides is 2. The largest absolute Gasteiger partial charge is 0.395 e. The quantitative estimate of drug-likeness (QED) is 0.708. The molecule has 18 heavy (non-hydrogen) atoms. The Labute approximate surface area is 110 Å². The second-order valence-corrected chi connectivity index (χ2v) is 5.13. The van der Waals surface area contributed by atoms with Gasteiger partial charge in [0.05, 0.1) is 11.5 Å². The normalized spacial score (nSPS) is 12.2. The molecule has 1 rings (SSSR count). The molecule has 0 fully saturated rings. The Morgan fingerprint density at radius 2 is 2.17 bits per heavy atom. The lowest BCUT2D eigenvalue weighted by molar-refractivity contribution is -0.124. The van der Waals surface area contributed by atoms with Crippen LogP contribution >= 0.6 is 11.3 Å². The van der Waals surface area contributed by atoms with E-state index in [1.54, 1.807) is 12.1 Å². The van der Waals surface area contributed by atoms with E-state index in [0.717, 1.165) is 0 Å². The van der Waals surface area contributed by atoms with Crippen molar-refractivity contribution in [3.8, 4) is 0 Å². The first-order chi connectivity index (χ1) is 8.56. The van der Waals surface area contributed by atoms with Crippen LogP contribution in [0.15, 0.2) is 17.5 Å². The molecule has 2 amide bonds. The summed E-state index contributed by atoms with van der Waals surface area (Å²) in [5.41, 5.74) is 0. The summed E-state index contributed by atoms with van der Waals surface area (Å²) in [6.07, 6.45) is 0. The highest BCUT2D eigenvalue weighted by Gasteiger charge is 2.24. The van der Waals surface area contributed by atoms with Crippen molar-refractivity contribution in [2.45, 2.75) is 19.9 Å². The zero-order valence-electron chi connectivity index (χ0n) is 10.5. The van der Waals surface area contributed by atoms with Crippen LogP contribution in [0.2, 0.25) is 0 Å². The van der Waals surface area contributed by atoms with Crippen LogP contribution in [0.3, 0.4) is 0 Å². The predicted molar refractivity (Wildman–Crippen MR) is 70.5 cm³/mol. The molecule has 1 unspecified atom stereocenters. The Balaban J connectivity index is 2.63. The van der Waals surface area contributed by atoms with E-state index >= 15 is 0 Å². The van der Waals surface area contributed by atoms with Crippen molar-refractivity contribution in [1.82, 2.24) is 10.6 Å². The molecule has 1 heterocycles. The molecular formula is C12H18N2O3S. The summed E-state index contributed by atoms with van der Waals surface area (Å²) in [7, 11) is 0. The van der Waals surface area contributed by atoms with E-state index in [4.69, 9.17) is 5.11 Å². The Kier molecular flexibility index (Phi) is 5.80. The third kappa shape index (κ3) is 4.12. The summed E-state index contributed by atoms with van der Waals surface area (Å²) in [6.45, 7) is 3.79. The maximum absolute atomic E-state index is 11.9. The molecule has 0 aliphatic carbocycles. The first-order valence-corrected chi connectivity index (χ1v) is 6.67. The topological polar surface area (TPSA) is 78.4 Å². The van der Waals surface area contributed by atoms with Gasteiger partial charge in [-0.15, -0.1) is 11.3 Å². The average Bonchev–Trinajstić information content (AvgIpc) is 2.86. The van der Waals surface area contributed by atoms with Crippen molar-refractivity contribution < 1.29 is 14.7 Å². The highest BCUT2D eigenvalue weighted by Crippen LogP contribution is 2.10. The van der Waals surface area contributed by atoms with Crippen molar-refractivity contribution in [3.63, 3.8) is 0 Å². The molecule has 0 radical (unpaired) electrons. The number of carbonyl (C=O) groups excluding carboxylic acids is 2. The van der Waals surface area contributed by atoms with Crippen molar-refractivity contribution in [2.24, 2.45) is 5.92 Å². The predicted octanol–water partition coefficient (Wildman–Crippen LogP) is 0.611. The summed E-state index contributed by atoms with van der Waals surface area (Å²) in [6, 6.07) is 2.91. The van der Waals surface area contributed by atoms with E-state index in [2.05, 4.69) is 10.6 Å². The maximum Gasteiger partial charge on any atom is 0.262 e. The monoisotopic (exact) mass is 270 g/mol. The van der Waals surface area contributed by atoms with E-state index in [1.165, 1.54) is 11.3 Å². The first kappa shape index (κ1) is 14.7. The molecule has 0 saturated carbocycles. The third-order valence-corrected chi connectivity index (χ3v) is 3.26. The third-order valence-electron chi connectivity index (χ3n) is 2.39. The number of aliphatic hydroxyl groups excluding tert-OH is 1. The van der Waals surface area contributed by atoms with E-state index in [1.807, 2.05) is 19.2 Å². The smallest absolute Gasteiger partial charge is 0.262 e. The van der Waals surface area contributed by atoms with Gasteiger partial charge in [0, 0.05) is 6.54 Å². The number of rotatable bonds is 6. The van der Waals surface area contributed by atoms with E-state index in [9.17, 15) is 9.59 Å². The highest BCUT2D eigenvalue weighted by molar-refractivity contribution is 7.12. The van der Waals surface area contributed by atoms with Gasteiger partial charge in [0.25, 0.3) is 5.91 Å². The summed E-state index contributed by atoms with van der Waals surface area (Å²) in [5, 5.41) is 15.7. The van der Waals surface area contributed by atoms with Gasteiger partial charge in [0.15, 0.2) is 0 Å². The van der Waals surface area contributed by atoms with Crippen LogP contribution in [-0.4, -0.2) is 36.1 Å². The minimum Gasteiger partial charge on any atom is -0.395 e. The van der Waals surface area contributed by atoms with E-state index in [0.29, 0.717) is 4.88 Å². The number of thiophene rings is 1. The molecule has 1 atom stereocenters. The Morgan fingerprint density at radius 1 is 1.44 bits per heavy atom. The van der Waals surface area contributed by atoms with Crippen molar-refractivity contribution >= 4 is 23.2 Å². The summed E-state index contributed by atoms with van der Waals surface area (Å²) in [4.78, 5) is 24.3. The lowest BCUT2D eigenvalue weighted by atomic mass is 10.0. The zero-order valence-corrected chi connectivity index (χ0v) is 11.3. The SMILES string of the molecule is CC(C)C(NC(=O)c1cccs1)C(=O)NCCO. The molecule has 0 aliphatic heterocycles. The minimum absolute atomic E-state index is 0.0207.